The summed E-state index contributed by atoms with van der Waals surface area (Å²) in [6.07, 6.45) is 1.93. The normalized spacial score (nSPS) is 10.4. The number of anilines is 1. The number of hydrogen-bond acceptors (Lipinski definition) is 2. The van der Waals surface area contributed by atoms with Crippen LogP contribution in [0, 0.1) is 11.3 Å². The molecule has 0 saturated heterocycles. The number of benzene rings is 2. The van der Waals surface area contributed by atoms with Crippen LogP contribution in [-0.4, -0.2) is 4.98 Å². The Bertz CT molecular complexity index is 799. The number of rotatable bonds is 3. The van der Waals surface area contributed by atoms with Crippen LogP contribution in [0.2, 0.25) is 5.02 Å². The molecular weight excluding hydrogens is 270 g/mol. The van der Waals surface area contributed by atoms with Gasteiger partial charge >= 0.3 is 0 Å². The lowest BCUT2D eigenvalue weighted by Gasteiger charge is -2.09. The van der Waals surface area contributed by atoms with E-state index in [0.717, 1.165) is 16.8 Å². The quantitative estimate of drug-likeness (QED) is 0.752. The molecule has 2 N–H and O–H groups in total. The van der Waals surface area contributed by atoms with Crippen molar-refractivity contribution in [2.75, 3.05) is 5.32 Å². The molecule has 0 aliphatic carbocycles. The van der Waals surface area contributed by atoms with Gasteiger partial charge in [0.2, 0.25) is 0 Å². The summed E-state index contributed by atoms with van der Waals surface area (Å²) in [6, 6.07) is 15.6. The van der Waals surface area contributed by atoms with Gasteiger partial charge in [-0.3, -0.25) is 0 Å². The van der Waals surface area contributed by atoms with Crippen LogP contribution >= 0.6 is 11.6 Å². The van der Waals surface area contributed by atoms with Gasteiger partial charge in [0.05, 0.1) is 22.3 Å². The highest BCUT2D eigenvalue weighted by Gasteiger charge is 2.03. The first kappa shape index (κ1) is 12.6. The maximum Gasteiger partial charge on any atom is 0.0992 e. The summed E-state index contributed by atoms with van der Waals surface area (Å²) >= 11 is 6.12. The van der Waals surface area contributed by atoms with Crippen LogP contribution < -0.4 is 5.32 Å². The molecule has 0 radical (unpaired) electrons. The van der Waals surface area contributed by atoms with Crippen molar-refractivity contribution in [3.63, 3.8) is 0 Å². The summed E-state index contributed by atoms with van der Waals surface area (Å²) in [7, 11) is 0. The molecule has 20 heavy (non-hydrogen) atoms. The molecule has 0 aliphatic heterocycles. The molecule has 3 aromatic rings. The lowest BCUT2D eigenvalue weighted by atomic mass is 10.1. The average Bonchev–Trinajstić information content (AvgIpc) is 2.94. The third-order valence-electron chi connectivity index (χ3n) is 3.20. The zero-order valence-electron chi connectivity index (χ0n) is 10.7. The van der Waals surface area contributed by atoms with E-state index in [0.29, 0.717) is 17.1 Å². The Labute approximate surface area is 121 Å². The second-order valence-electron chi connectivity index (χ2n) is 4.56. The van der Waals surface area contributed by atoms with Crippen LogP contribution in [0.4, 0.5) is 5.69 Å². The molecule has 1 heterocycles. The molecule has 4 heteroatoms. The van der Waals surface area contributed by atoms with Gasteiger partial charge in [0.25, 0.3) is 0 Å². The van der Waals surface area contributed by atoms with Gasteiger partial charge in [-0.25, -0.2) is 0 Å². The maximum absolute atomic E-state index is 8.91. The van der Waals surface area contributed by atoms with Gasteiger partial charge in [0.1, 0.15) is 0 Å². The third kappa shape index (κ3) is 2.47. The van der Waals surface area contributed by atoms with E-state index in [1.807, 2.05) is 12.3 Å². The molecule has 3 nitrogen and oxygen atoms in total. The van der Waals surface area contributed by atoms with Crippen molar-refractivity contribution in [2.45, 2.75) is 6.54 Å². The maximum atomic E-state index is 8.91. The number of nitriles is 1. The molecule has 3 rings (SSSR count). The molecular formula is C16H12ClN3. The standard InChI is InChI=1S/C16H12ClN3/c17-14-3-1-11(9-18)8-16(14)20-10-12-2-4-15-13(7-12)5-6-19-15/h1-8,19-20H,10H2. The smallest absolute Gasteiger partial charge is 0.0992 e. The molecule has 0 aliphatic rings. The van der Waals surface area contributed by atoms with E-state index in [1.54, 1.807) is 18.2 Å². The fourth-order valence-electron chi connectivity index (χ4n) is 2.14. The summed E-state index contributed by atoms with van der Waals surface area (Å²) in [4.78, 5) is 3.17. The number of H-pyrrole nitrogens is 1. The van der Waals surface area contributed by atoms with E-state index in [4.69, 9.17) is 16.9 Å². The summed E-state index contributed by atoms with van der Waals surface area (Å²) in [5, 5.41) is 14.0. The van der Waals surface area contributed by atoms with E-state index < -0.39 is 0 Å². The monoisotopic (exact) mass is 281 g/mol. The van der Waals surface area contributed by atoms with E-state index >= 15 is 0 Å². The Morgan fingerprint density at radius 3 is 2.90 bits per heavy atom. The van der Waals surface area contributed by atoms with Crippen molar-refractivity contribution in [1.82, 2.24) is 4.98 Å². The predicted octanol–water partition coefficient (Wildman–Crippen LogP) is 4.31. The van der Waals surface area contributed by atoms with Crippen molar-refractivity contribution in [3.05, 3.63) is 64.8 Å². The molecule has 0 saturated carbocycles. The van der Waals surface area contributed by atoms with Crippen LogP contribution in [0.5, 0.6) is 0 Å². The highest BCUT2D eigenvalue weighted by Crippen LogP contribution is 2.24. The molecule has 1 aromatic heterocycles. The average molecular weight is 282 g/mol. The molecule has 2 aromatic carbocycles. The van der Waals surface area contributed by atoms with Crippen LogP contribution in [0.3, 0.4) is 0 Å². The molecule has 0 unspecified atom stereocenters. The predicted molar refractivity (Wildman–Crippen MR) is 81.8 cm³/mol. The van der Waals surface area contributed by atoms with Gasteiger partial charge in [-0.2, -0.15) is 5.26 Å². The van der Waals surface area contributed by atoms with E-state index in [1.165, 1.54) is 5.39 Å². The van der Waals surface area contributed by atoms with Crippen molar-refractivity contribution < 1.29 is 0 Å². The van der Waals surface area contributed by atoms with Gasteiger partial charge in [0.15, 0.2) is 0 Å². The SMILES string of the molecule is N#Cc1ccc(Cl)c(NCc2ccc3[nH]ccc3c2)c1. The Balaban J connectivity index is 1.80. The minimum absolute atomic E-state index is 0.595. The lowest BCUT2D eigenvalue weighted by molar-refractivity contribution is 1.15. The minimum Gasteiger partial charge on any atom is -0.380 e. The summed E-state index contributed by atoms with van der Waals surface area (Å²) in [5.41, 5.74) is 3.66. The number of aromatic amines is 1. The van der Waals surface area contributed by atoms with E-state index in [9.17, 15) is 0 Å². The number of fused-ring (bicyclic) bond motifs is 1. The van der Waals surface area contributed by atoms with Crippen LogP contribution in [0.1, 0.15) is 11.1 Å². The molecule has 0 atom stereocenters. The van der Waals surface area contributed by atoms with E-state index in [2.05, 4.69) is 34.6 Å². The summed E-state index contributed by atoms with van der Waals surface area (Å²) < 4.78 is 0. The highest BCUT2D eigenvalue weighted by molar-refractivity contribution is 6.33. The second-order valence-corrected chi connectivity index (χ2v) is 4.97. The fourth-order valence-corrected chi connectivity index (χ4v) is 2.32. The Morgan fingerprint density at radius 1 is 1.15 bits per heavy atom. The van der Waals surface area contributed by atoms with Crippen molar-refractivity contribution in [2.24, 2.45) is 0 Å². The van der Waals surface area contributed by atoms with Gasteiger partial charge in [0, 0.05) is 18.3 Å². The zero-order chi connectivity index (χ0) is 13.9. The second kappa shape index (κ2) is 5.28. The van der Waals surface area contributed by atoms with Gasteiger partial charge in [-0.15, -0.1) is 0 Å². The Kier molecular flexibility index (Phi) is 3.32. The largest absolute Gasteiger partial charge is 0.380 e. The van der Waals surface area contributed by atoms with Crippen molar-refractivity contribution >= 4 is 28.2 Å². The van der Waals surface area contributed by atoms with Crippen molar-refractivity contribution in [1.29, 1.82) is 5.26 Å². The summed E-state index contributed by atoms with van der Waals surface area (Å²) in [6.45, 7) is 0.662. The molecule has 0 bridgehead atoms. The third-order valence-corrected chi connectivity index (χ3v) is 3.53. The minimum atomic E-state index is 0.595. The first-order valence-corrected chi connectivity index (χ1v) is 6.63. The van der Waals surface area contributed by atoms with Gasteiger partial charge in [-0.1, -0.05) is 17.7 Å². The zero-order valence-corrected chi connectivity index (χ0v) is 11.4. The topological polar surface area (TPSA) is 51.6 Å². The lowest BCUT2D eigenvalue weighted by Crippen LogP contribution is -2.00. The number of halogens is 1. The highest BCUT2D eigenvalue weighted by atomic mass is 35.5. The Morgan fingerprint density at radius 2 is 2.05 bits per heavy atom. The molecule has 98 valence electrons. The van der Waals surface area contributed by atoms with Gasteiger partial charge in [-0.05, 0) is 47.3 Å². The number of aromatic nitrogens is 1. The van der Waals surface area contributed by atoms with E-state index in [-0.39, 0.29) is 0 Å². The first-order chi connectivity index (χ1) is 9.76. The van der Waals surface area contributed by atoms with Crippen LogP contribution in [0.15, 0.2) is 48.7 Å². The number of nitrogens with zero attached hydrogens (tertiary/aromatic N) is 1. The van der Waals surface area contributed by atoms with Crippen LogP contribution in [-0.2, 0) is 6.54 Å². The molecule has 0 fully saturated rings. The Hall–Kier alpha value is -2.44. The first-order valence-electron chi connectivity index (χ1n) is 6.26. The molecule has 0 spiro atoms. The summed E-state index contributed by atoms with van der Waals surface area (Å²) in [5.74, 6) is 0. The number of hydrogen-bond donors (Lipinski definition) is 2. The van der Waals surface area contributed by atoms with Gasteiger partial charge < -0.3 is 10.3 Å². The van der Waals surface area contributed by atoms with Crippen molar-refractivity contribution in [3.8, 4) is 6.07 Å². The van der Waals surface area contributed by atoms with Crippen LogP contribution in [0.25, 0.3) is 10.9 Å². The fraction of sp³-hybridized carbons (Fsp3) is 0.0625. The molecule has 0 amide bonds. The number of nitrogens with one attached hydrogen (secondary N) is 2.